The molecule has 0 spiro atoms. The molecule has 200 valence electrons. The standard InChI is InChI=1S/C29H31NO7S/c1-20-6-9-22(10-7-20)26(31)12-14-30-25-16-21(8-11-27(25)35-3)19-38(32,33)15-13-24-28(36-4)17-23(34-2)18-29(24)37-5/h6-18,30H,19H2,1-5H3. The normalized spacial score (nSPS) is 11.5. The van der Waals surface area contributed by atoms with E-state index in [4.69, 9.17) is 18.9 Å². The van der Waals surface area contributed by atoms with Gasteiger partial charge in [0.05, 0.1) is 45.4 Å². The predicted molar refractivity (Wildman–Crippen MR) is 149 cm³/mol. The summed E-state index contributed by atoms with van der Waals surface area (Å²) >= 11 is 0. The zero-order chi connectivity index (χ0) is 27.7. The van der Waals surface area contributed by atoms with Gasteiger partial charge in [-0.3, -0.25) is 4.79 Å². The second-order valence-corrected chi connectivity index (χ2v) is 10.2. The zero-order valence-electron chi connectivity index (χ0n) is 22.0. The third kappa shape index (κ3) is 7.39. The van der Waals surface area contributed by atoms with Crippen LogP contribution in [0.15, 0.2) is 72.3 Å². The van der Waals surface area contributed by atoms with E-state index >= 15 is 0 Å². The molecule has 0 bridgehead atoms. The summed E-state index contributed by atoms with van der Waals surface area (Å²) in [7, 11) is 2.32. The van der Waals surface area contributed by atoms with Crippen LogP contribution in [0.5, 0.6) is 23.0 Å². The summed E-state index contributed by atoms with van der Waals surface area (Å²) in [6.45, 7) is 1.95. The third-order valence-corrected chi connectivity index (χ3v) is 6.92. The van der Waals surface area contributed by atoms with Gasteiger partial charge in [-0.2, -0.15) is 0 Å². The average Bonchev–Trinajstić information content (AvgIpc) is 2.91. The average molecular weight is 538 g/mol. The molecule has 38 heavy (non-hydrogen) atoms. The highest BCUT2D eigenvalue weighted by Crippen LogP contribution is 2.35. The van der Waals surface area contributed by atoms with Crippen molar-refractivity contribution in [3.8, 4) is 23.0 Å². The van der Waals surface area contributed by atoms with E-state index < -0.39 is 9.84 Å². The Morgan fingerprint density at radius 2 is 1.47 bits per heavy atom. The van der Waals surface area contributed by atoms with Gasteiger partial charge in [-0.05, 0) is 30.7 Å². The van der Waals surface area contributed by atoms with E-state index in [0.717, 1.165) is 11.0 Å². The zero-order valence-corrected chi connectivity index (χ0v) is 22.8. The van der Waals surface area contributed by atoms with Crippen LogP contribution < -0.4 is 24.3 Å². The quantitative estimate of drug-likeness (QED) is 0.241. The number of ether oxygens (including phenoxy) is 4. The maximum absolute atomic E-state index is 12.9. The summed E-state index contributed by atoms with van der Waals surface area (Å²) < 4.78 is 47.3. The molecule has 0 saturated carbocycles. The van der Waals surface area contributed by atoms with Gasteiger partial charge in [0.15, 0.2) is 15.6 Å². The molecule has 0 amide bonds. The molecule has 0 unspecified atom stereocenters. The van der Waals surface area contributed by atoms with Crippen molar-refractivity contribution in [1.82, 2.24) is 0 Å². The summed E-state index contributed by atoms with van der Waals surface area (Å²) in [4.78, 5) is 12.4. The lowest BCUT2D eigenvalue weighted by atomic mass is 10.1. The van der Waals surface area contributed by atoms with Crippen molar-refractivity contribution in [2.75, 3.05) is 33.8 Å². The Balaban J connectivity index is 1.78. The summed E-state index contributed by atoms with van der Waals surface area (Å²) in [5, 5.41) is 4.14. The number of methoxy groups -OCH3 is 4. The molecular formula is C29H31NO7S. The Morgan fingerprint density at radius 1 is 0.842 bits per heavy atom. The molecule has 9 heteroatoms. The molecular weight excluding hydrogens is 506 g/mol. The molecule has 0 radical (unpaired) electrons. The molecule has 0 saturated heterocycles. The SMILES string of the molecule is COc1cc(OC)c(C=CS(=O)(=O)Cc2ccc(OC)c(NC=CC(=O)c3ccc(C)cc3)c2)c(OC)c1. The lowest BCUT2D eigenvalue weighted by molar-refractivity contribution is 0.104. The first-order valence-electron chi connectivity index (χ1n) is 11.6. The van der Waals surface area contributed by atoms with Crippen molar-refractivity contribution in [2.24, 2.45) is 0 Å². The maximum Gasteiger partial charge on any atom is 0.187 e. The first-order chi connectivity index (χ1) is 18.2. The van der Waals surface area contributed by atoms with Crippen molar-refractivity contribution in [2.45, 2.75) is 12.7 Å². The molecule has 3 rings (SSSR count). The Labute approximate surface area is 223 Å². The van der Waals surface area contributed by atoms with E-state index in [1.165, 1.54) is 46.8 Å². The number of rotatable bonds is 12. The summed E-state index contributed by atoms with van der Waals surface area (Å²) in [5.41, 5.74) is 3.16. The Hall–Kier alpha value is -4.24. The van der Waals surface area contributed by atoms with Gasteiger partial charge in [-0.15, -0.1) is 0 Å². The molecule has 1 N–H and O–H groups in total. The number of nitrogens with one attached hydrogen (secondary N) is 1. The van der Waals surface area contributed by atoms with Crippen LogP contribution in [0.4, 0.5) is 5.69 Å². The van der Waals surface area contributed by atoms with Crippen molar-refractivity contribution < 1.29 is 32.2 Å². The van der Waals surface area contributed by atoms with Gasteiger partial charge in [-0.1, -0.05) is 35.9 Å². The number of ketones is 1. The van der Waals surface area contributed by atoms with E-state index in [0.29, 0.717) is 45.4 Å². The first-order valence-corrected chi connectivity index (χ1v) is 13.3. The minimum absolute atomic E-state index is 0.162. The van der Waals surface area contributed by atoms with Crippen molar-refractivity contribution >= 4 is 27.4 Å². The van der Waals surface area contributed by atoms with Crippen molar-refractivity contribution in [1.29, 1.82) is 0 Å². The minimum atomic E-state index is -3.67. The van der Waals surface area contributed by atoms with Crippen LogP contribution in [0.2, 0.25) is 0 Å². The molecule has 0 fully saturated rings. The van der Waals surface area contributed by atoms with Gasteiger partial charge in [0.1, 0.15) is 23.0 Å². The number of allylic oxidation sites excluding steroid dienone is 1. The Morgan fingerprint density at radius 3 is 2.05 bits per heavy atom. The summed E-state index contributed by atoms with van der Waals surface area (Å²) in [6, 6.07) is 15.6. The first kappa shape index (κ1) is 28.3. The molecule has 3 aromatic carbocycles. The van der Waals surface area contributed by atoms with Gasteiger partial charge >= 0.3 is 0 Å². The highest BCUT2D eigenvalue weighted by molar-refractivity contribution is 7.93. The molecule has 8 nitrogen and oxygen atoms in total. The molecule has 0 aliphatic carbocycles. The van der Waals surface area contributed by atoms with Crippen LogP contribution in [0, 0.1) is 6.92 Å². The van der Waals surface area contributed by atoms with Gasteiger partial charge in [0.2, 0.25) is 0 Å². The Bertz CT molecular complexity index is 1420. The lowest BCUT2D eigenvalue weighted by Gasteiger charge is -2.12. The lowest BCUT2D eigenvalue weighted by Crippen LogP contribution is -2.02. The van der Waals surface area contributed by atoms with E-state index in [1.807, 2.05) is 19.1 Å². The summed E-state index contributed by atoms with van der Waals surface area (Å²) in [5.74, 6) is 1.43. The van der Waals surface area contributed by atoms with E-state index in [2.05, 4.69) is 5.32 Å². The second-order valence-electron chi connectivity index (χ2n) is 8.30. The number of carbonyl (C=O) groups is 1. The van der Waals surface area contributed by atoms with Crippen LogP contribution in [-0.4, -0.2) is 42.6 Å². The van der Waals surface area contributed by atoms with Crippen LogP contribution in [0.25, 0.3) is 6.08 Å². The van der Waals surface area contributed by atoms with E-state index in [1.54, 1.807) is 42.5 Å². The maximum atomic E-state index is 12.9. The monoisotopic (exact) mass is 537 g/mol. The second kappa shape index (κ2) is 12.8. The number of carbonyl (C=O) groups excluding carboxylic acids is 1. The fourth-order valence-electron chi connectivity index (χ4n) is 3.63. The number of aryl methyl sites for hydroxylation is 1. The fraction of sp³-hybridized carbons (Fsp3) is 0.207. The molecule has 0 aromatic heterocycles. The highest BCUT2D eigenvalue weighted by Gasteiger charge is 2.15. The van der Waals surface area contributed by atoms with Gasteiger partial charge in [-0.25, -0.2) is 8.42 Å². The molecule has 0 aliphatic rings. The molecule has 0 heterocycles. The number of hydrogen-bond acceptors (Lipinski definition) is 8. The van der Waals surface area contributed by atoms with Crippen LogP contribution in [-0.2, 0) is 15.6 Å². The topological polar surface area (TPSA) is 100 Å². The number of benzene rings is 3. The number of sulfone groups is 1. The minimum Gasteiger partial charge on any atom is -0.496 e. The fourth-order valence-corrected chi connectivity index (χ4v) is 4.71. The van der Waals surface area contributed by atoms with Gasteiger partial charge in [0.25, 0.3) is 0 Å². The molecule has 3 aromatic rings. The third-order valence-electron chi connectivity index (χ3n) is 5.64. The Kier molecular flexibility index (Phi) is 9.56. The highest BCUT2D eigenvalue weighted by atomic mass is 32.2. The van der Waals surface area contributed by atoms with Crippen LogP contribution in [0.1, 0.15) is 27.0 Å². The van der Waals surface area contributed by atoms with Crippen molar-refractivity contribution in [3.63, 3.8) is 0 Å². The predicted octanol–water partition coefficient (Wildman–Crippen LogP) is 5.42. The van der Waals surface area contributed by atoms with E-state index in [-0.39, 0.29) is 11.5 Å². The molecule has 0 aliphatic heterocycles. The summed E-state index contributed by atoms with van der Waals surface area (Å²) in [6.07, 6.45) is 4.35. The van der Waals surface area contributed by atoms with E-state index in [9.17, 15) is 13.2 Å². The number of hydrogen-bond donors (Lipinski definition) is 1. The number of anilines is 1. The van der Waals surface area contributed by atoms with Gasteiger partial charge < -0.3 is 24.3 Å². The van der Waals surface area contributed by atoms with Gasteiger partial charge in [0, 0.05) is 35.4 Å². The largest absolute Gasteiger partial charge is 0.496 e. The smallest absolute Gasteiger partial charge is 0.187 e. The van der Waals surface area contributed by atoms with Crippen LogP contribution >= 0.6 is 0 Å². The van der Waals surface area contributed by atoms with Crippen molar-refractivity contribution in [3.05, 3.63) is 94.5 Å². The van der Waals surface area contributed by atoms with Crippen LogP contribution in [0.3, 0.4) is 0 Å². The molecule has 0 atom stereocenters.